The van der Waals surface area contributed by atoms with Crippen LogP contribution in [0.1, 0.15) is 20.3 Å². The first-order valence-electron chi connectivity index (χ1n) is 3.26. The molecule has 10 heavy (non-hydrogen) atoms. The molecule has 0 rings (SSSR count). The largest absolute Gasteiger partial charge is 0.345 e. The fourth-order valence-corrected chi connectivity index (χ4v) is 0.830. The van der Waals surface area contributed by atoms with Crippen molar-refractivity contribution >= 4 is 8.96 Å². The molecule has 0 aliphatic heterocycles. The van der Waals surface area contributed by atoms with Crippen LogP contribution in [0.4, 0.5) is 0 Å². The van der Waals surface area contributed by atoms with E-state index in [1.807, 2.05) is 6.07 Å². The van der Waals surface area contributed by atoms with Crippen molar-refractivity contribution in [2.75, 3.05) is 6.61 Å². The van der Waals surface area contributed by atoms with Gasteiger partial charge in [-0.3, -0.25) is 5.09 Å². The molecule has 3 nitrogen and oxygen atoms in total. The topological polar surface area (TPSA) is 45.0 Å². The quantitative estimate of drug-likeness (QED) is 0.488. The number of hydrogen-bond donors (Lipinski definition) is 1. The molecule has 0 aliphatic rings. The molecule has 1 N–H and O–H groups in total. The molecule has 4 heteroatoms. The number of nitriles is 1. The Morgan fingerprint density at radius 3 is 2.90 bits per heavy atom. The standard InChI is InChI=1S/C6H13N2OP/c1-6(2)8-10-9-5-3-4-7/h6,8,10H,3,5H2,1-2H3. The predicted octanol–water partition coefficient (Wildman–Crippen LogP) is 1.42. The van der Waals surface area contributed by atoms with E-state index < -0.39 is 0 Å². The highest BCUT2D eigenvalue weighted by Gasteiger charge is 1.90. The summed E-state index contributed by atoms with van der Waals surface area (Å²) in [5, 5.41) is 11.2. The van der Waals surface area contributed by atoms with Crippen LogP contribution in [0, 0.1) is 11.3 Å². The van der Waals surface area contributed by atoms with Crippen molar-refractivity contribution in [1.29, 1.82) is 5.26 Å². The normalized spacial score (nSPS) is 11.0. The second-order valence-corrected chi connectivity index (χ2v) is 2.94. The number of hydrogen-bond acceptors (Lipinski definition) is 3. The second kappa shape index (κ2) is 6.95. The molecule has 0 aromatic rings. The van der Waals surface area contributed by atoms with Gasteiger partial charge in [0.05, 0.1) is 28.1 Å². The third-order valence-electron chi connectivity index (χ3n) is 0.736. The summed E-state index contributed by atoms with van der Waals surface area (Å²) in [5.41, 5.74) is 0. The highest BCUT2D eigenvalue weighted by Crippen LogP contribution is 2.06. The number of nitrogens with zero attached hydrogens (tertiary/aromatic N) is 1. The highest BCUT2D eigenvalue weighted by atomic mass is 31.1. The maximum atomic E-state index is 8.13. The molecule has 0 fully saturated rings. The van der Waals surface area contributed by atoms with Gasteiger partial charge < -0.3 is 4.52 Å². The Morgan fingerprint density at radius 1 is 1.70 bits per heavy atom. The zero-order chi connectivity index (χ0) is 7.82. The van der Waals surface area contributed by atoms with E-state index >= 15 is 0 Å². The molecule has 0 saturated carbocycles. The minimum Gasteiger partial charge on any atom is -0.345 e. The highest BCUT2D eigenvalue weighted by molar-refractivity contribution is 7.29. The van der Waals surface area contributed by atoms with E-state index in [9.17, 15) is 0 Å². The van der Waals surface area contributed by atoms with Crippen molar-refractivity contribution in [3.63, 3.8) is 0 Å². The fourth-order valence-electron chi connectivity index (χ4n) is 0.307. The molecule has 0 radical (unpaired) electrons. The van der Waals surface area contributed by atoms with Gasteiger partial charge >= 0.3 is 0 Å². The Labute approximate surface area is 63.7 Å². The lowest BCUT2D eigenvalue weighted by atomic mass is 10.4. The first kappa shape index (κ1) is 9.84. The van der Waals surface area contributed by atoms with E-state index in [-0.39, 0.29) is 0 Å². The fraction of sp³-hybridized carbons (Fsp3) is 0.833. The van der Waals surface area contributed by atoms with Crippen LogP contribution >= 0.6 is 8.96 Å². The van der Waals surface area contributed by atoms with Crippen LogP contribution in [0.5, 0.6) is 0 Å². The molecule has 0 amide bonds. The lowest BCUT2D eigenvalue weighted by Crippen LogP contribution is -2.12. The van der Waals surface area contributed by atoms with E-state index in [4.69, 9.17) is 9.79 Å². The summed E-state index contributed by atoms with van der Waals surface area (Å²) in [7, 11) is 0.321. The Bertz CT molecular complexity index is 111. The van der Waals surface area contributed by atoms with Gasteiger partial charge in [-0.15, -0.1) is 0 Å². The summed E-state index contributed by atoms with van der Waals surface area (Å²) in [6, 6.07) is 2.47. The summed E-state index contributed by atoms with van der Waals surface area (Å²) < 4.78 is 5.08. The Morgan fingerprint density at radius 2 is 2.40 bits per heavy atom. The zero-order valence-electron chi connectivity index (χ0n) is 6.35. The van der Waals surface area contributed by atoms with Crippen molar-refractivity contribution in [3.8, 4) is 6.07 Å². The molecular formula is C6H13N2OP. The first-order chi connectivity index (χ1) is 4.77. The maximum Gasteiger partial charge on any atom is 0.0864 e. The molecule has 0 aliphatic carbocycles. The summed E-state index contributed by atoms with van der Waals surface area (Å²) in [4.78, 5) is 0. The van der Waals surface area contributed by atoms with Crippen molar-refractivity contribution in [3.05, 3.63) is 0 Å². The van der Waals surface area contributed by atoms with Crippen LogP contribution in [-0.2, 0) is 4.52 Å². The molecule has 0 bridgehead atoms. The lowest BCUT2D eigenvalue weighted by molar-refractivity contribution is 0.366. The van der Waals surface area contributed by atoms with Crippen LogP contribution in [0.15, 0.2) is 0 Å². The molecule has 58 valence electrons. The molecule has 0 aromatic heterocycles. The Balaban J connectivity index is 2.86. The first-order valence-corrected chi connectivity index (χ1v) is 4.17. The Kier molecular flexibility index (Phi) is 6.84. The molecular weight excluding hydrogens is 147 g/mol. The van der Waals surface area contributed by atoms with Gasteiger partial charge in [0.15, 0.2) is 0 Å². The minimum absolute atomic E-state index is 0.321. The smallest absolute Gasteiger partial charge is 0.0864 e. The second-order valence-electron chi connectivity index (χ2n) is 2.16. The van der Waals surface area contributed by atoms with E-state index in [0.29, 0.717) is 28.0 Å². The van der Waals surface area contributed by atoms with Crippen molar-refractivity contribution in [2.24, 2.45) is 0 Å². The van der Waals surface area contributed by atoms with Gasteiger partial charge in [0.25, 0.3) is 0 Å². The van der Waals surface area contributed by atoms with Crippen LogP contribution in [0.3, 0.4) is 0 Å². The zero-order valence-corrected chi connectivity index (χ0v) is 7.35. The van der Waals surface area contributed by atoms with Gasteiger partial charge in [-0.25, -0.2) is 0 Å². The van der Waals surface area contributed by atoms with Crippen LogP contribution in [0.25, 0.3) is 0 Å². The SMILES string of the molecule is CC(C)NPOCCC#N. The van der Waals surface area contributed by atoms with Crippen molar-refractivity contribution in [1.82, 2.24) is 5.09 Å². The van der Waals surface area contributed by atoms with E-state index in [1.165, 1.54) is 0 Å². The van der Waals surface area contributed by atoms with Crippen LogP contribution in [0.2, 0.25) is 0 Å². The predicted molar refractivity (Wildman–Crippen MR) is 42.8 cm³/mol. The van der Waals surface area contributed by atoms with Gasteiger partial charge in [-0.2, -0.15) is 5.26 Å². The minimum atomic E-state index is 0.321. The van der Waals surface area contributed by atoms with Gasteiger partial charge in [0.2, 0.25) is 0 Å². The molecule has 1 atom stereocenters. The molecule has 0 heterocycles. The summed E-state index contributed by atoms with van der Waals surface area (Å²) in [5.74, 6) is 0. The monoisotopic (exact) mass is 160 g/mol. The van der Waals surface area contributed by atoms with E-state index in [0.717, 1.165) is 0 Å². The average molecular weight is 160 g/mol. The molecule has 0 saturated heterocycles. The van der Waals surface area contributed by atoms with Gasteiger partial charge in [0, 0.05) is 6.04 Å². The third kappa shape index (κ3) is 7.84. The average Bonchev–Trinajstić information content (AvgIpc) is 1.87. The Hall–Kier alpha value is -0.160. The van der Waals surface area contributed by atoms with Crippen molar-refractivity contribution in [2.45, 2.75) is 26.3 Å². The third-order valence-corrected chi connectivity index (χ3v) is 1.78. The summed E-state index contributed by atoms with van der Waals surface area (Å²) in [6.45, 7) is 4.65. The van der Waals surface area contributed by atoms with Crippen LogP contribution < -0.4 is 5.09 Å². The summed E-state index contributed by atoms with van der Waals surface area (Å²) >= 11 is 0. The van der Waals surface area contributed by atoms with Crippen LogP contribution in [-0.4, -0.2) is 12.6 Å². The van der Waals surface area contributed by atoms with E-state index in [1.54, 1.807) is 0 Å². The van der Waals surface area contributed by atoms with E-state index in [2.05, 4.69) is 18.9 Å². The molecule has 0 spiro atoms. The van der Waals surface area contributed by atoms with Gasteiger partial charge in [-0.1, -0.05) is 0 Å². The van der Waals surface area contributed by atoms with Gasteiger partial charge in [0.1, 0.15) is 0 Å². The molecule has 1 unspecified atom stereocenters. The van der Waals surface area contributed by atoms with Gasteiger partial charge in [-0.05, 0) is 13.8 Å². The van der Waals surface area contributed by atoms with Crippen molar-refractivity contribution < 1.29 is 4.52 Å². The molecule has 0 aromatic carbocycles. The summed E-state index contributed by atoms with van der Waals surface area (Å²) in [6.07, 6.45) is 0.479. The maximum absolute atomic E-state index is 8.13. The number of nitrogens with one attached hydrogen (secondary N) is 1. The lowest BCUT2D eigenvalue weighted by Gasteiger charge is -2.06. The number of rotatable bonds is 5.